The lowest BCUT2D eigenvalue weighted by atomic mass is 10.00. The van der Waals surface area contributed by atoms with Crippen LogP contribution in [-0.4, -0.2) is 16.2 Å². The fourth-order valence-corrected chi connectivity index (χ4v) is 3.36. The van der Waals surface area contributed by atoms with Crippen LogP contribution in [0.4, 0.5) is 30.8 Å². The van der Waals surface area contributed by atoms with E-state index >= 15 is 4.39 Å². The number of nitrogens with one attached hydrogen (secondary N) is 1. The topological polar surface area (TPSA) is 101 Å². The number of nitrogen functional groups attached to an aromatic ring is 1. The maximum Gasteiger partial charge on any atom is 0.323 e. The van der Waals surface area contributed by atoms with E-state index in [2.05, 4.69) is 10.2 Å². The Labute approximate surface area is 164 Å². The molecular formula is C21H17F2N5O. The number of carbonyl (C=O) groups excluding carboxylic acids is 1. The number of urea groups is 1. The first-order valence-electron chi connectivity index (χ1n) is 8.75. The summed E-state index contributed by atoms with van der Waals surface area (Å²) < 4.78 is 29.4. The minimum Gasteiger partial charge on any atom is -0.382 e. The number of benzene rings is 3. The molecule has 4 aromatic rings. The van der Waals surface area contributed by atoms with Gasteiger partial charge in [-0.05, 0) is 54.4 Å². The van der Waals surface area contributed by atoms with Crippen LogP contribution in [-0.2, 0) is 0 Å². The molecule has 5 N–H and O–H groups in total. The van der Waals surface area contributed by atoms with E-state index in [0.717, 1.165) is 16.5 Å². The normalized spacial score (nSPS) is 11.0. The van der Waals surface area contributed by atoms with Gasteiger partial charge in [-0.3, -0.25) is 10.00 Å². The number of aromatic nitrogens is 2. The van der Waals surface area contributed by atoms with Crippen molar-refractivity contribution >= 4 is 34.1 Å². The summed E-state index contributed by atoms with van der Waals surface area (Å²) in [6, 6.07) is 12.7. The first-order valence-corrected chi connectivity index (χ1v) is 8.75. The number of nitrogens with two attached hydrogens (primary N) is 2. The third-order valence-corrected chi connectivity index (χ3v) is 4.68. The SMILES string of the molecule is Cc1ccc(F)c(N(C(N)=O)c2ccc(-c3cccc4[nH]nc(N)c34)c(F)c2)c1. The third-order valence-electron chi connectivity index (χ3n) is 4.68. The van der Waals surface area contributed by atoms with Crippen molar-refractivity contribution in [3.05, 3.63) is 71.8 Å². The molecule has 0 saturated heterocycles. The molecule has 3 aromatic carbocycles. The quantitative estimate of drug-likeness (QED) is 0.473. The summed E-state index contributed by atoms with van der Waals surface area (Å²) in [4.78, 5) is 13.0. The second kappa shape index (κ2) is 6.90. The Kier molecular flexibility index (Phi) is 4.38. The monoisotopic (exact) mass is 393 g/mol. The van der Waals surface area contributed by atoms with E-state index in [4.69, 9.17) is 11.5 Å². The van der Waals surface area contributed by atoms with Gasteiger partial charge in [0.15, 0.2) is 5.82 Å². The Morgan fingerprint density at radius 3 is 2.55 bits per heavy atom. The van der Waals surface area contributed by atoms with Gasteiger partial charge in [0.25, 0.3) is 0 Å². The van der Waals surface area contributed by atoms with Crippen LogP contribution in [0.15, 0.2) is 54.6 Å². The molecule has 146 valence electrons. The van der Waals surface area contributed by atoms with E-state index in [0.29, 0.717) is 16.5 Å². The summed E-state index contributed by atoms with van der Waals surface area (Å²) in [5, 5.41) is 7.34. The molecule has 0 spiro atoms. The third kappa shape index (κ3) is 3.14. The number of rotatable bonds is 3. The minimum atomic E-state index is -0.928. The predicted molar refractivity (Wildman–Crippen MR) is 109 cm³/mol. The molecule has 0 atom stereocenters. The van der Waals surface area contributed by atoms with E-state index < -0.39 is 17.7 Å². The van der Waals surface area contributed by atoms with Crippen LogP contribution in [0.5, 0.6) is 0 Å². The molecule has 0 aliphatic rings. The van der Waals surface area contributed by atoms with Crippen LogP contribution in [0.1, 0.15) is 5.56 Å². The molecule has 1 aromatic heterocycles. The second-order valence-electron chi connectivity index (χ2n) is 6.63. The second-order valence-corrected chi connectivity index (χ2v) is 6.63. The van der Waals surface area contributed by atoms with Crippen molar-refractivity contribution in [3.8, 4) is 11.1 Å². The molecule has 0 bridgehead atoms. The number of primary amides is 1. The summed E-state index contributed by atoms with van der Waals surface area (Å²) in [5.41, 5.74) is 13.6. The number of halogens is 2. The zero-order valence-electron chi connectivity index (χ0n) is 15.4. The molecule has 0 fully saturated rings. The van der Waals surface area contributed by atoms with E-state index in [1.807, 2.05) is 0 Å². The highest BCUT2D eigenvalue weighted by molar-refractivity contribution is 6.02. The van der Waals surface area contributed by atoms with Crippen molar-refractivity contribution in [1.82, 2.24) is 10.2 Å². The first kappa shape index (κ1) is 18.4. The lowest BCUT2D eigenvalue weighted by Gasteiger charge is -2.22. The molecule has 1 heterocycles. The van der Waals surface area contributed by atoms with Crippen molar-refractivity contribution in [2.24, 2.45) is 5.73 Å². The van der Waals surface area contributed by atoms with Crippen LogP contribution in [0, 0.1) is 18.6 Å². The molecule has 0 aliphatic carbocycles. The Balaban J connectivity index is 1.85. The van der Waals surface area contributed by atoms with Crippen LogP contribution in [0.3, 0.4) is 0 Å². The van der Waals surface area contributed by atoms with E-state index in [-0.39, 0.29) is 22.8 Å². The van der Waals surface area contributed by atoms with Crippen LogP contribution >= 0.6 is 0 Å². The molecular weight excluding hydrogens is 376 g/mol. The van der Waals surface area contributed by atoms with Gasteiger partial charge in [-0.15, -0.1) is 0 Å². The predicted octanol–water partition coefficient (Wildman–Crippen LogP) is 4.62. The Morgan fingerprint density at radius 1 is 1.03 bits per heavy atom. The standard InChI is InChI=1S/C21H17F2N5O/c1-11-5-8-15(22)18(9-11)28(21(25)29)12-6-7-13(16(23)10-12)14-3-2-4-17-19(14)20(24)27-26-17/h2-10H,1H3,(H2,25,29)(H3,24,26,27). The molecule has 4 rings (SSSR count). The van der Waals surface area contributed by atoms with Crippen molar-refractivity contribution in [2.45, 2.75) is 6.92 Å². The number of hydrogen-bond donors (Lipinski definition) is 3. The Morgan fingerprint density at radius 2 is 1.83 bits per heavy atom. The highest BCUT2D eigenvalue weighted by Crippen LogP contribution is 2.36. The van der Waals surface area contributed by atoms with E-state index in [1.165, 1.54) is 24.3 Å². The van der Waals surface area contributed by atoms with Crippen LogP contribution < -0.4 is 16.4 Å². The largest absolute Gasteiger partial charge is 0.382 e. The van der Waals surface area contributed by atoms with Crippen LogP contribution in [0.25, 0.3) is 22.0 Å². The highest BCUT2D eigenvalue weighted by atomic mass is 19.1. The summed E-state index contributed by atoms with van der Waals surface area (Å²) in [6.07, 6.45) is 0. The molecule has 0 aliphatic heterocycles. The molecule has 8 heteroatoms. The van der Waals surface area contributed by atoms with Gasteiger partial charge in [-0.1, -0.05) is 18.2 Å². The van der Waals surface area contributed by atoms with Crippen molar-refractivity contribution in [1.29, 1.82) is 0 Å². The zero-order chi connectivity index (χ0) is 20.7. The number of H-pyrrole nitrogens is 1. The highest BCUT2D eigenvalue weighted by Gasteiger charge is 2.21. The number of carbonyl (C=O) groups is 1. The lowest BCUT2D eigenvalue weighted by molar-refractivity contribution is 0.256. The van der Waals surface area contributed by atoms with Gasteiger partial charge in [-0.2, -0.15) is 5.10 Å². The fraction of sp³-hybridized carbons (Fsp3) is 0.0476. The molecule has 2 amide bonds. The summed E-state index contributed by atoms with van der Waals surface area (Å²) >= 11 is 0. The number of aromatic amines is 1. The number of fused-ring (bicyclic) bond motifs is 1. The summed E-state index contributed by atoms with van der Waals surface area (Å²) in [5.74, 6) is -1.01. The minimum absolute atomic E-state index is 0.0502. The maximum absolute atomic E-state index is 15.1. The number of aryl methyl sites for hydroxylation is 1. The Hall–Kier alpha value is -3.94. The maximum atomic E-state index is 15.1. The van der Waals surface area contributed by atoms with E-state index in [9.17, 15) is 9.18 Å². The summed E-state index contributed by atoms with van der Waals surface area (Å²) in [7, 11) is 0. The number of hydrogen-bond acceptors (Lipinski definition) is 3. The number of amides is 2. The van der Waals surface area contributed by atoms with Crippen molar-refractivity contribution in [3.63, 3.8) is 0 Å². The van der Waals surface area contributed by atoms with Gasteiger partial charge >= 0.3 is 6.03 Å². The lowest BCUT2D eigenvalue weighted by Crippen LogP contribution is -2.32. The van der Waals surface area contributed by atoms with Gasteiger partial charge in [0.1, 0.15) is 11.6 Å². The van der Waals surface area contributed by atoms with Gasteiger partial charge in [0.2, 0.25) is 0 Å². The smallest absolute Gasteiger partial charge is 0.323 e. The van der Waals surface area contributed by atoms with E-state index in [1.54, 1.807) is 31.2 Å². The van der Waals surface area contributed by atoms with Gasteiger partial charge in [-0.25, -0.2) is 13.6 Å². The Bertz CT molecular complexity index is 1250. The number of nitrogens with zero attached hydrogens (tertiary/aromatic N) is 2. The molecule has 0 unspecified atom stereocenters. The molecule has 6 nitrogen and oxygen atoms in total. The average Bonchev–Trinajstić information content (AvgIpc) is 3.06. The average molecular weight is 393 g/mol. The first-order chi connectivity index (χ1) is 13.9. The molecule has 29 heavy (non-hydrogen) atoms. The van der Waals surface area contributed by atoms with Gasteiger partial charge in [0.05, 0.1) is 22.3 Å². The summed E-state index contributed by atoms with van der Waals surface area (Å²) in [6.45, 7) is 1.75. The van der Waals surface area contributed by atoms with Gasteiger partial charge < -0.3 is 11.5 Å². The molecule has 0 saturated carbocycles. The van der Waals surface area contributed by atoms with Crippen LogP contribution in [0.2, 0.25) is 0 Å². The fourth-order valence-electron chi connectivity index (χ4n) is 3.36. The van der Waals surface area contributed by atoms with Crippen molar-refractivity contribution < 1.29 is 13.6 Å². The van der Waals surface area contributed by atoms with Crippen molar-refractivity contribution in [2.75, 3.05) is 10.6 Å². The molecule has 0 radical (unpaired) electrons. The zero-order valence-corrected chi connectivity index (χ0v) is 15.4. The van der Waals surface area contributed by atoms with Gasteiger partial charge in [0, 0.05) is 5.56 Å². The number of anilines is 3.